The van der Waals surface area contributed by atoms with Crippen LogP contribution in [0.2, 0.25) is 5.15 Å². The van der Waals surface area contributed by atoms with Crippen molar-refractivity contribution in [2.75, 3.05) is 36.9 Å². The molecular formula is C20H20ClF3N4O4. The molecule has 1 aromatic carbocycles. The van der Waals surface area contributed by atoms with Crippen LogP contribution in [0.25, 0.3) is 0 Å². The van der Waals surface area contributed by atoms with Crippen LogP contribution in [0.15, 0.2) is 36.5 Å². The van der Waals surface area contributed by atoms with Gasteiger partial charge < -0.3 is 20.1 Å². The van der Waals surface area contributed by atoms with Gasteiger partial charge in [-0.15, -0.1) is 13.2 Å². The van der Waals surface area contributed by atoms with Gasteiger partial charge in [-0.05, 0) is 37.3 Å². The van der Waals surface area contributed by atoms with E-state index in [-0.39, 0.29) is 16.4 Å². The van der Waals surface area contributed by atoms with Crippen LogP contribution in [0.4, 0.5) is 24.5 Å². The van der Waals surface area contributed by atoms with Gasteiger partial charge in [0, 0.05) is 18.7 Å². The van der Waals surface area contributed by atoms with Crippen molar-refractivity contribution in [3.63, 3.8) is 0 Å². The van der Waals surface area contributed by atoms with E-state index in [4.69, 9.17) is 16.3 Å². The SMILES string of the molecule is CC(C(=O)Nc1cc(C(=O)Nc2ccc(Cl)nc2)ccc1OC(F)(F)F)N1CCOCC1. The second kappa shape index (κ2) is 10.2. The minimum Gasteiger partial charge on any atom is -0.404 e. The number of nitrogens with one attached hydrogen (secondary N) is 2. The maximum atomic E-state index is 12.8. The van der Waals surface area contributed by atoms with Crippen molar-refractivity contribution in [3.05, 3.63) is 47.2 Å². The zero-order valence-electron chi connectivity index (χ0n) is 16.9. The number of amides is 2. The van der Waals surface area contributed by atoms with Crippen LogP contribution in [-0.4, -0.2) is 60.4 Å². The third-order valence-corrected chi connectivity index (χ3v) is 4.91. The molecule has 1 unspecified atom stereocenters. The number of pyridine rings is 1. The Kier molecular flexibility index (Phi) is 7.54. The van der Waals surface area contributed by atoms with E-state index < -0.39 is 30.0 Å². The number of carbonyl (C=O) groups excluding carboxylic acids is 2. The summed E-state index contributed by atoms with van der Waals surface area (Å²) < 4.78 is 47.8. The Bertz CT molecular complexity index is 966. The van der Waals surface area contributed by atoms with E-state index in [1.54, 1.807) is 6.92 Å². The average Bonchev–Trinajstić information content (AvgIpc) is 2.75. The van der Waals surface area contributed by atoms with Crippen LogP contribution in [0, 0.1) is 0 Å². The summed E-state index contributed by atoms with van der Waals surface area (Å²) in [5, 5.41) is 5.22. The first-order valence-corrected chi connectivity index (χ1v) is 9.95. The normalized spacial score (nSPS) is 15.7. The summed E-state index contributed by atoms with van der Waals surface area (Å²) >= 11 is 5.71. The van der Waals surface area contributed by atoms with Crippen molar-refractivity contribution in [2.24, 2.45) is 0 Å². The molecule has 2 heterocycles. The molecule has 8 nitrogen and oxygen atoms in total. The molecule has 0 bridgehead atoms. The molecule has 1 aliphatic rings. The van der Waals surface area contributed by atoms with Gasteiger partial charge in [0.15, 0.2) is 5.75 Å². The van der Waals surface area contributed by atoms with Crippen molar-refractivity contribution in [1.29, 1.82) is 0 Å². The number of morpholine rings is 1. The highest BCUT2D eigenvalue weighted by Gasteiger charge is 2.33. The molecule has 2 aromatic rings. The van der Waals surface area contributed by atoms with Gasteiger partial charge in [0.25, 0.3) is 5.91 Å². The first-order valence-electron chi connectivity index (χ1n) is 9.58. The van der Waals surface area contributed by atoms with Crippen LogP contribution in [-0.2, 0) is 9.53 Å². The Labute approximate surface area is 186 Å². The highest BCUT2D eigenvalue weighted by Crippen LogP contribution is 2.32. The smallest absolute Gasteiger partial charge is 0.404 e. The second-order valence-electron chi connectivity index (χ2n) is 6.90. The van der Waals surface area contributed by atoms with Crippen molar-refractivity contribution < 1.29 is 32.2 Å². The summed E-state index contributed by atoms with van der Waals surface area (Å²) in [5.74, 6) is -1.80. The fourth-order valence-electron chi connectivity index (χ4n) is 3.00. The van der Waals surface area contributed by atoms with Crippen LogP contribution >= 0.6 is 11.6 Å². The van der Waals surface area contributed by atoms with Crippen LogP contribution < -0.4 is 15.4 Å². The summed E-state index contributed by atoms with van der Waals surface area (Å²) in [4.78, 5) is 30.9. The molecule has 1 fully saturated rings. The first-order chi connectivity index (χ1) is 15.1. The monoisotopic (exact) mass is 472 g/mol. The molecule has 3 rings (SSSR count). The Morgan fingerprint density at radius 2 is 1.91 bits per heavy atom. The number of benzene rings is 1. The number of rotatable bonds is 6. The maximum absolute atomic E-state index is 12.8. The zero-order valence-corrected chi connectivity index (χ0v) is 17.7. The van der Waals surface area contributed by atoms with E-state index >= 15 is 0 Å². The lowest BCUT2D eigenvalue weighted by Crippen LogP contribution is -2.47. The van der Waals surface area contributed by atoms with Crippen molar-refractivity contribution in [2.45, 2.75) is 19.3 Å². The molecule has 1 aromatic heterocycles. The standard InChI is InChI=1S/C20H20ClF3N4O4/c1-12(28-6-8-31-9-7-28)18(29)27-15-10-13(2-4-16(15)32-20(22,23)24)19(30)26-14-3-5-17(21)25-11-14/h2-5,10-12H,6-9H2,1H3,(H,26,30)(H,27,29). The van der Waals surface area contributed by atoms with Gasteiger partial charge in [0.05, 0.1) is 36.8 Å². The third-order valence-electron chi connectivity index (χ3n) is 4.68. The van der Waals surface area contributed by atoms with Gasteiger partial charge in [-0.1, -0.05) is 11.6 Å². The second-order valence-corrected chi connectivity index (χ2v) is 7.28. The summed E-state index contributed by atoms with van der Waals surface area (Å²) in [6.07, 6.45) is -3.65. The van der Waals surface area contributed by atoms with Crippen LogP contribution in [0.1, 0.15) is 17.3 Å². The van der Waals surface area contributed by atoms with Gasteiger partial charge in [-0.2, -0.15) is 0 Å². The quantitative estimate of drug-likeness (QED) is 0.625. The predicted octanol–water partition coefficient (Wildman–Crippen LogP) is 3.55. The number of carbonyl (C=O) groups is 2. The lowest BCUT2D eigenvalue weighted by atomic mass is 10.1. The lowest BCUT2D eigenvalue weighted by Gasteiger charge is -2.31. The minimum atomic E-state index is -4.98. The van der Waals surface area contributed by atoms with Gasteiger partial charge in [0.1, 0.15) is 5.15 Å². The number of halogens is 4. The van der Waals surface area contributed by atoms with Gasteiger partial charge >= 0.3 is 6.36 Å². The van der Waals surface area contributed by atoms with E-state index in [2.05, 4.69) is 20.4 Å². The summed E-state index contributed by atoms with van der Waals surface area (Å²) in [6.45, 7) is 3.57. The predicted molar refractivity (Wildman–Crippen MR) is 111 cm³/mol. The van der Waals surface area contributed by atoms with Crippen molar-refractivity contribution >= 4 is 34.8 Å². The molecule has 1 atom stereocenters. The summed E-state index contributed by atoms with van der Waals surface area (Å²) in [7, 11) is 0. The number of anilines is 2. The van der Waals surface area contributed by atoms with Crippen molar-refractivity contribution in [3.8, 4) is 5.75 Å². The molecule has 0 aliphatic carbocycles. The Balaban J connectivity index is 1.81. The Morgan fingerprint density at radius 3 is 2.53 bits per heavy atom. The Morgan fingerprint density at radius 1 is 1.19 bits per heavy atom. The third kappa shape index (κ3) is 6.55. The molecule has 32 heavy (non-hydrogen) atoms. The molecule has 0 saturated carbocycles. The molecule has 1 saturated heterocycles. The number of aromatic nitrogens is 1. The average molecular weight is 473 g/mol. The van der Waals surface area contributed by atoms with E-state index in [1.807, 2.05) is 4.90 Å². The zero-order chi connectivity index (χ0) is 23.3. The maximum Gasteiger partial charge on any atom is 0.573 e. The van der Waals surface area contributed by atoms with E-state index in [0.29, 0.717) is 32.0 Å². The molecule has 172 valence electrons. The largest absolute Gasteiger partial charge is 0.573 e. The molecule has 2 amide bonds. The van der Waals surface area contributed by atoms with Gasteiger partial charge in [-0.3, -0.25) is 14.5 Å². The summed E-state index contributed by atoms with van der Waals surface area (Å²) in [6, 6.07) is 5.59. The van der Waals surface area contributed by atoms with Crippen LogP contribution in [0.5, 0.6) is 5.75 Å². The number of hydrogen-bond donors (Lipinski definition) is 2. The molecule has 2 N–H and O–H groups in total. The molecule has 1 aliphatic heterocycles. The highest BCUT2D eigenvalue weighted by molar-refractivity contribution is 6.29. The lowest BCUT2D eigenvalue weighted by molar-refractivity contribution is -0.274. The van der Waals surface area contributed by atoms with E-state index in [9.17, 15) is 22.8 Å². The molecule has 0 radical (unpaired) electrons. The number of hydrogen-bond acceptors (Lipinski definition) is 6. The Hall–Kier alpha value is -2.89. The van der Waals surface area contributed by atoms with E-state index in [0.717, 1.165) is 18.2 Å². The minimum absolute atomic E-state index is 0.00352. The van der Waals surface area contributed by atoms with E-state index in [1.165, 1.54) is 18.3 Å². The summed E-state index contributed by atoms with van der Waals surface area (Å²) in [5.41, 5.74) is 0.0552. The van der Waals surface area contributed by atoms with Gasteiger partial charge in [0.2, 0.25) is 5.91 Å². The van der Waals surface area contributed by atoms with Crippen molar-refractivity contribution in [1.82, 2.24) is 9.88 Å². The molecular weight excluding hydrogens is 453 g/mol. The number of nitrogens with zero attached hydrogens (tertiary/aromatic N) is 2. The molecule has 12 heteroatoms. The fourth-order valence-corrected chi connectivity index (χ4v) is 3.12. The number of alkyl halides is 3. The number of ether oxygens (including phenoxy) is 2. The first kappa shape index (κ1) is 23.8. The van der Waals surface area contributed by atoms with Gasteiger partial charge in [-0.25, -0.2) is 4.98 Å². The fraction of sp³-hybridized carbons (Fsp3) is 0.350. The topological polar surface area (TPSA) is 92.8 Å². The molecule has 0 spiro atoms. The highest BCUT2D eigenvalue weighted by atomic mass is 35.5. The van der Waals surface area contributed by atoms with Crippen LogP contribution in [0.3, 0.4) is 0 Å².